The van der Waals surface area contributed by atoms with Gasteiger partial charge >= 0.3 is 5.69 Å². The molecule has 150 valence electrons. The summed E-state index contributed by atoms with van der Waals surface area (Å²) in [4.78, 5) is 38.3. The molecule has 0 saturated heterocycles. The molecule has 0 bridgehead atoms. The molecule has 2 aromatic carbocycles. The van der Waals surface area contributed by atoms with E-state index in [4.69, 9.17) is 4.74 Å². The highest BCUT2D eigenvalue weighted by molar-refractivity contribution is 5.91. The monoisotopic (exact) mass is 394 g/mol. The molecule has 0 fully saturated rings. The van der Waals surface area contributed by atoms with Crippen molar-refractivity contribution in [3.8, 4) is 11.4 Å². The first-order valence-electron chi connectivity index (χ1n) is 9.17. The van der Waals surface area contributed by atoms with Crippen LogP contribution >= 0.6 is 0 Å². The largest absolute Gasteiger partial charge is 0.497 e. The van der Waals surface area contributed by atoms with Crippen molar-refractivity contribution in [3.63, 3.8) is 0 Å². The zero-order valence-electron chi connectivity index (χ0n) is 16.5. The SMILES string of the molecule is CCNC(=O)c1nn(-c2ccc(OC)cc2)c(=O)n(Cc2ccc(C)cc2)c1=O. The van der Waals surface area contributed by atoms with Crippen molar-refractivity contribution in [2.24, 2.45) is 0 Å². The number of hydrogen-bond acceptors (Lipinski definition) is 5. The van der Waals surface area contributed by atoms with E-state index in [2.05, 4.69) is 10.4 Å². The molecule has 1 aromatic heterocycles. The summed E-state index contributed by atoms with van der Waals surface area (Å²) in [5, 5.41) is 6.62. The minimum atomic E-state index is -0.730. The Morgan fingerprint density at radius 3 is 2.31 bits per heavy atom. The van der Waals surface area contributed by atoms with Gasteiger partial charge in [0.1, 0.15) is 5.75 Å². The highest BCUT2D eigenvalue weighted by Gasteiger charge is 2.20. The van der Waals surface area contributed by atoms with Crippen LogP contribution < -0.4 is 21.3 Å². The average molecular weight is 394 g/mol. The van der Waals surface area contributed by atoms with E-state index >= 15 is 0 Å². The third kappa shape index (κ3) is 4.26. The molecule has 0 atom stereocenters. The van der Waals surface area contributed by atoms with Crippen molar-refractivity contribution < 1.29 is 9.53 Å². The number of aryl methyl sites for hydroxylation is 1. The second-order valence-electron chi connectivity index (χ2n) is 6.48. The number of benzene rings is 2. The fraction of sp³-hybridized carbons (Fsp3) is 0.238. The summed E-state index contributed by atoms with van der Waals surface area (Å²) in [7, 11) is 1.54. The van der Waals surface area contributed by atoms with Crippen LogP contribution in [0.1, 0.15) is 28.5 Å². The van der Waals surface area contributed by atoms with E-state index in [0.717, 1.165) is 20.4 Å². The predicted molar refractivity (Wildman–Crippen MR) is 109 cm³/mol. The average Bonchev–Trinajstić information content (AvgIpc) is 2.73. The summed E-state index contributed by atoms with van der Waals surface area (Å²) in [5.74, 6) is -0.0175. The summed E-state index contributed by atoms with van der Waals surface area (Å²) in [6.07, 6.45) is 0. The van der Waals surface area contributed by atoms with E-state index in [1.165, 1.54) is 7.11 Å². The Kier molecular flexibility index (Phi) is 5.92. The van der Waals surface area contributed by atoms with Gasteiger partial charge in [0.2, 0.25) is 5.69 Å². The molecule has 1 N–H and O–H groups in total. The third-order valence-electron chi connectivity index (χ3n) is 4.39. The molecule has 0 aliphatic carbocycles. The lowest BCUT2D eigenvalue weighted by Crippen LogP contribution is -2.46. The van der Waals surface area contributed by atoms with Gasteiger partial charge in [-0.1, -0.05) is 29.8 Å². The summed E-state index contributed by atoms with van der Waals surface area (Å²) in [5.41, 5.74) is 0.548. The lowest BCUT2D eigenvalue weighted by molar-refractivity contribution is 0.0946. The molecular formula is C21H22N4O4. The van der Waals surface area contributed by atoms with E-state index < -0.39 is 17.2 Å². The predicted octanol–water partition coefficient (Wildman–Crippen LogP) is 1.51. The molecule has 3 rings (SSSR count). The van der Waals surface area contributed by atoms with Gasteiger partial charge in [-0.05, 0) is 43.7 Å². The van der Waals surface area contributed by atoms with Gasteiger partial charge in [-0.2, -0.15) is 9.78 Å². The lowest BCUT2D eigenvalue weighted by atomic mass is 10.1. The molecule has 8 heteroatoms. The fourth-order valence-corrected chi connectivity index (χ4v) is 2.81. The number of methoxy groups -OCH3 is 1. The molecule has 1 amide bonds. The second-order valence-corrected chi connectivity index (χ2v) is 6.48. The van der Waals surface area contributed by atoms with Gasteiger partial charge in [-0.15, -0.1) is 0 Å². The van der Waals surface area contributed by atoms with Crippen LogP contribution in [0.2, 0.25) is 0 Å². The first-order chi connectivity index (χ1) is 13.9. The van der Waals surface area contributed by atoms with Gasteiger partial charge in [0.15, 0.2) is 0 Å². The van der Waals surface area contributed by atoms with Crippen LogP contribution in [0.25, 0.3) is 5.69 Å². The molecule has 1 heterocycles. The number of nitrogens with one attached hydrogen (secondary N) is 1. The Balaban J connectivity index is 2.18. The number of rotatable bonds is 6. The van der Waals surface area contributed by atoms with Crippen LogP contribution in [0.4, 0.5) is 0 Å². The molecule has 8 nitrogen and oxygen atoms in total. The van der Waals surface area contributed by atoms with E-state index in [1.807, 2.05) is 31.2 Å². The van der Waals surface area contributed by atoms with Crippen molar-refractivity contribution in [3.05, 3.63) is 86.2 Å². The Bertz CT molecular complexity index is 1130. The molecule has 0 aliphatic heterocycles. The van der Waals surface area contributed by atoms with Crippen molar-refractivity contribution >= 4 is 5.91 Å². The normalized spacial score (nSPS) is 10.6. The maximum Gasteiger partial charge on any atom is 0.352 e. The first-order valence-corrected chi connectivity index (χ1v) is 9.17. The van der Waals surface area contributed by atoms with Crippen LogP contribution in [0, 0.1) is 6.92 Å². The molecule has 3 aromatic rings. The Morgan fingerprint density at radius 1 is 1.07 bits per heavy atom. The molecular weight excluding hydrogens is 372 g/mol. The summed E-state index contributed by atoms with van der Waals surface area (Å²) in [6, 6.07) is 14.1. The van der Waals surface area contributed by atoms with Gasteiger partial charge in [-0.3, -0.25) is 14.2 Å². The number of carbonyl (C=O) groups is 1. The quantitative estimate of drug-likeness (QED) is 0.684. The minimum absolute atomic E-state index is 0.0308. The van der Waals surface area contributed by atoms with Crippen LogP contribution in [-0.4, -0.2) is 33.9 Å². The van der Waals surface area contributed by atoms with Crippen LogP contribution in [0.3, 0.4) is 0 Å². The van der Waals surface area contributed by atoms with Gasteiger partial charge in [-0.25, -0.2) is 4.79 Å². The highest BCUT2D eigenvalue weighted by atomic mass is 16.5. The highest BCUT2D eigenvalue weighted by Crippen LogP contribution is 2.13. The molecule has 0 saturated carbocycles. The van der Waals surface area contributed by atoms with Gasteiger partial charge in [0, 0.05) is 6.54 Å². The van der Waals surface area contributed by atoms with Crippen LogP contribution in [0.5, 0.6) is 5.75 Å². The third-order valence-corrected chi connectivity index (χ3v) is 4.39. The zero-order chi connectivity index (χ0) is 21.0. The standard InChI is InChI=1S/C21H22N4O4/c1-4-22-19(26)18-20(27)24(13-15-7-5-14(2)6-8-15)21(28)25(23-18)16-9-11-17(29-3)12-10-16/h5-12H,4,13H2,1-3H3,(H,22,26). The van der Waals surface area contributed by atoms with Crippen LogP contribution in [0.15, 0.2) is 58.1 Å². The number of aromatic nitrogens is 3. The van der Waals surface area contributed by atoms with Gasteiger partial charge in [0.05, 0.1) is 19.3 Å². The number of ether oxygens (including phenoxy) is 1. The van der Waals surface area contributed by atoms with E-state index in [0.29, 0.717) is 18.0 Å². The summed E-state index contributed by atoms with van der Waals surface area (Å²) >= 11 is 0. The number of hydrogen-bond donors (Lipinski definition) is 1. The smallest absolute Gasteiger partial charge is 0.352 e. The maximum absolute atomic E-state index is 13.0. The summed E-state index contributed by atoms with van der Waals surface area (Å²) in [6.45, 7) is 4.05. The fourth-order valence-electron chi connectivity index (χ4n) is 2.81. The Labute approximate surface area is 167 Å². The van der Waals surface area contributed by atoms with Crippen molar-refractivity contribution in [2.45, 2.75) is 20.4 Å². The van der Waals surface area contributed by atoms with Crippen molar-refractivity contribution in [1.82, 2.24) is 19.7 Å². The van der Waals surface area contributed by atoms with Crippen LogP contribution in [-0.2, 0) is 6.54 Å². The van der Waals surface area contributed by atoms with Crippen molar-refractivity contribution in [2.75, 3.05) is 13.7 Å². The zero-order valence-corrected chi connectivity index (χ0v) is 16.5. The minimum Gasteiger partial charge on any atom is -0.497 e. The van der Waals surface area contributed by atoms with E-state index in [9.17, 15) is 14.4 Å². The van der Waals surface area contributed by atoms with E-state index in [1.54, 1.807) is 31.2 Å². The maximum atomic E-state index is 13.0. The molecule has 0 radical (unpaired) electrons. The topological polar surface area (TPSA) is 95.2 Å². The second kappa shape index (κ2) is 8.55. The lowest BCUT2D eigenvalue weighted by Gasteiger charge is -2.12. The number of carbonyl (C=O) groups excluding carboxylic acids is 1. The van der Waals surface area contributed by atoms with Gasteiger partial charge < -0.3 is 10.1 Å². The van der Waals surface area contributed by atoms with E-state index in [-0.39, 0.29) is 12.2 Å². The Hall–Kier alpha value is -3.68. The molecule has 0 spiro atoms. The molecule has 0 aliphatic rings. The number of amides is 1. The Morgan fingerprint density at radius 2 is 1.72 bits per heavy atom. The first kappa shape index (κ1) is 20.1. The summed E-state index contributed by atoms with van der Waals surface area (Å²) < 4.78 is 7.21. The molecule has 0 unspecified atom stereocenters. The van der Waals surface area contributed by atoms with Gasteiger partial charge in [0.25, 0.3) is 11.5 Å². The van der Waals surface area contributed by atoms with Crippen molar-refractivity contribution in [1.29, 1.82) is 0 Å². The molecule has 29 heavy (non-hydrogen) atoms. The number of nitrogens with zero attached hydrogens (tertiary/aromatic N) is 3.